The van der Waals surface area contributed by atoms with Gasteiger partial charge in [-0.15, -0.1) is 0 Å². The van der Waals surface area contributed by atoms with Crippen LogP contribution in [0.4, 0.5) is 0 Å². The van der Waals surface area contributed by atoms with Gasteiger partial charge < -0.3 is 14.5 Å². The second-order valence-corrected chi connectivity index (χ2v) is 4.55. The predicted molar refractivity (Wildman–Crippen MR) is 77.5 cm³/mol. The van der Waals surface area contributed by atoms with Crippen molar-refractivity contribution >= 4 is 10.9 Å². The number of furan rings is 1. The van der Waals surface area contributed by atoms with E-state index in [2.05, 4.69) is 10.3 Å². The molecular weight excluding hydrogens is 252 g/mol. The van der Waals surface area contributed by atoms with Crippen LogP contribution in [0.15, 0.2) is 53.3 Å². The smallest absolute Gasteiger partial charge is 0.146 e. The van der Waals surface area contributed by atoms with Crippen LogP contribution >= 0.6 is 0 Å². The lowest BCUT2D eigenvalue weighted by Crippen LogP contribution is -2.07. The molecule has 102 valence electrons. The third-order valence-electron chi connectivity index (χ3n) is 3.14. The maximum Gasteiger partial charge on any atom is 0.146 e. The molecule has 3 rings (SSSR count). The van der Waals surface area contributed by atoms with Gasteiger partial charge in [0.15, 0.2) is 0 Å². The van der Waals surface area contributed by atoms with E-state index >= 15 is 0 Å². The summed E-state index contributed by atoms with van der Waals surface area (Å²) >= 11 is 0. The van der Waals surface area contributed by atoms with Gasteiger partial charge in [-0.3, -0.25) is 4.98 Å². The first-order valence-corrected chi connectivity index (χ1v) is 6.54. The molecule has 4 heteroatoms. The molecule has 0 unspecified atom stereocenters. The summed E-state index contributed by atoms with van der Waals surface area (Å²) in [5.74, 6) is 1.59. The molecule has 0 aliphatic heterocycles. The molecule has 1 N–H and O–H groups in total. The van der Waals surface area contributed by atoms with Crippen molar-refractivity contribution < 1.29 is 9.15 Å². The first-order valence-electron chi connectivity index (χ1n) is 6.54. The SMILES string of the molecule is CNCc1ccoc1COc1cnc2ccccc2c1. The summed E-state index contributed by atoms with van der Waals surface area (Å²) in [4.78, 5) is 4.37. The summed E-state index contributed by atoms with van der Waals surface area (Å²) in [5.41, 5.74) is 2.08. The minimum Gasteiger partial charge on any atom is -0.484 e. The van der Waals surface area contributed by atoms with Crippen LogP contribution in [0, 0.1) is 0 Å². The molecule has 0 aliphatic carbocycles. The standard InChI is InChI=1S/C16H16N2O2/c1-17-9-13-6-7-19-16(13)11-20-14-8-12-4-2-3-5-15(12)18-10-14/h2-8,10,17H,9,11H2,1H3. The normalized spacial score (nSPS) is 10.8. The topological polar surface area (TPSA) is 47.3 Å². The molecule has 2 aromatic heterocycles. The first-order chi connectivity index (χ1) is 9.86. The van der Waals surface area contributed by atoms with Crippen molar-refractivity contribution in [3.05, 3.63) is 60.2 Å². The molecule has 0 radical (unpaired) electrons. The Kier molecular flexibility index (Phi) is 3.65. The van der Waals surface area contributed by atoms with Gasteiger partial charge >= 0.3 is 0 Å². The van der Waals surface area contributed by atoms with Crippen molar-refractivity contribution in [1.29, 1.82) is 0 Å². The van der Waals surface area contributed by atoms with Gasteiger partial charge in [-0.05, 0) is 25.2 Å². The third kappa shape index (κ3) is 2.65. The zero-order valence-electron chi connectivity index (χ0n) is 11.3. The summed E-state index contributed by atoms with van der Waals surface area (Å²) < 4.78 is 11.2. The highest BCUT2D eigenvalue weighted by molar-refractivity contribution is 5.79. The second kappa shape index (κ2) is 5.75. The number of fused-ring (bicyclic) bond motifs is 1. The van der Waals surface area contributed by atoms with Crippen LogP contribution in [0.5, 0.6) is 5.75 Å². The maximum absolute atomic E-state index is 5.76. The van der Waals surface area contributed by atoms with Crippen LogP contribution in [0.1, 0.15) is 11.3 Å². The highest BCUT2D eigenvalue weighted by atomic mass is 16.5. The van der Waals surface area contributed by atoms with Crippen molar-refractivity contribution in [2.75, 3.05) is 7.05 Å². The number of ether oxygens (including phenoxy) is 1. The van der Waals surface area contributed by atoms with Crippen molar-refractivity contribution in [2.24, 2.45) is 0 Å². The molecule has 2 heterocycles. The Morgan fingerprint density at radius 1 is 1.25 bits per heavy atom. The van der Waals surface area contributed by atoms with Crippen LogP contribution in [-0.4, -0.2) is 12.0 Å². The van der Waals surface area contributed by atoms with Crippen molar-refractivity contribution in [2.45, 2.75) is 13.2 Å². The minimum atomic E-state index is 0.407. The number of para-hydroxylation sites is 1. The molecule has 0 aliphatic rings. The largest absolute Gasteiger partial charge is 0.484 e. The molecule has 20 heavy (non-hydrogen) atoms. The molecule has 0 bridgehead atoms. The molecule has 4 nitrogen and oxygen atoms in total. The highest BCUT2D eigenvalue weighted by Crippen LogP contribution is 2.20. The summed E-state index contributed by atoms with van der Waals surface area (Å²) in [6.45, 7) is 1.18. The highest BCUT2D eigenvalue weighted by Gasteiger charge is 2.07. The Bertz CT molecular complexity index is 706. The summed E-state index contributed by atoms with van der Waals surface area (Å²) in [6, 6.07) is 11.9. The Morgan fingerprint density at radius 2 is 2.15 bits per heavy atom. The number of hydrogen-bond acceptors (Lipinski definition) is 4. The van der Waals surface area contributed by atoms with E-state index < -0.39 is 0 Å². The fourth-order valence-electron chi connectivity index (χ4n) is 2.12. The lowest BCUT2D eigenvalue weighted by molar-refractivity contribution is 0.267. The van der Waals surface area contributed by atoms with Crippen molar-refractivity contribution in [3.63, 3.8) is 0 Å². The van der Waals surface area contributed by atoms with E-state index in [9.17, 15) is 0 Å². The fourth-order valence-corrected chi connectivity index (χ4v) is 2.12. The van der Waals surface area contributed by atoms with Crippen LogP contribution in [0.3, 0.4) is 0 Å². The summed E-state index contributed by atoms with van der Waals surface area (Å²) in [7, 11) is 1.91. The van der Waals surface area contributed by atoms with Gasteiger partial charge in [-0.2, -0.15) is 0 Å². The fraction of sp³-hybridized carbons (Fsp3) is 0.188. The lowest BCUT2D eigenvalue weighted by Gasteiger charge is -2.07. The Hall–Kier alpha value is -2.33. The van der Waals surface area contributed by atoms with Crippen LogP contribution < -0.4 is 10.1 Å². The summed E-state index contributed by atoms with van der Waals surface area (Å²) in [5, 5.41) is 4.17. The molecular formula is C16H16N2O2. The van der Waals surface area contributed by atoms with E-state index in [1.54, 1.807) is 12.5 Å². The number of nitrogens with zero attached hydrogens (tertiary/aromatic N) is 1. The van der Waals surface area contributed by atoms with E-state index in [0.717, 1.165) is 34.5 Å². The maximum atomic E-state index is 5.76. The van der Waals surface area contributed by atoms with E-state index in [4.69, 9.17) is 9.15 Å². The van der Waals surface area contributed by atoms with E-state index in [-0.39, 0.29) is 0 Å². The average Bonchev–Trinajstić information content (AvgIpc) is 2.93. The van der Waals surface area contributed by atoms with E-state index in [1.807, 2.05) is 43.4 Å². The van der Waals surface area contributed by atoms with Gasteiger partial charge in [-0.1, -0.05) is 18.2 Å². The molecule has 0 saturated carbocycles. The third-order valence-corrected chi connectivity index (χ3v) is 3.14. The molecule has 0 fully saturated rings. The van der Waals surface area contributed by atoms with E-state index in [0.29, 0.717) is 6.61 Å². The quantitative estimate of drug-likeness (QED) is 0.772. The molecule has 3 aromatic rings. The zero-order valence-corrected chi connectivity index (χ0v) is 11.3. The van der Waals surface area contributed by atoms with Crippen molar-refractivity contribution in [3.8, 4) is 5.75 Å². The minimum absolute atomic E-state index is 0.407. The summed E-state index contributed by atoms with van der Waals surface area (Å²) in [6.07, 6.45) is 3.42. The first kappa shape index (κ1) is 12.7. The predicted octanol–water partition coefficient (Wildman–Crippen LogP) is 3.13. The van der Waals surface area contributed by atoms with Crippen LogP contribution in [-0.2, 0) is 13.2 Å². The van der Waals surface area contributed by atoms with Crippen LogP contribution in [0.2, 0.25) is 0 Å². The van der Waals surface area contributed by atoms with Gasteiger partial charge in [-0.25, -0.2) is 0 Å². The number of pyridine rings is 1. The zero-order chi connectivity index (χ0) is 13.8. The van der Waals surface area contributed by atoms with Gasteiger partial charge in [0.25, 0.3) is 0 Å². The van der Waals surface area contributed by atoms with Gasteiger partial charge in [0, 0.05) is 17.5 Å². The lowest BCUT2D eigenvalue weighted by atomic mass is 10.2. The Balaban J connectivity index is 1.74. The monoisotopic (exact) mass is 268 g/mol. The number of benzene rings is 1. The van der Waals surface area contributed by atoms with E-state index in [1.165, 1.54) is 0 Å². The molecule has 1 aromatic carbocycles. The number of nitrogens with one attached hydrogen (secondary N) is 1. The molecule has 0 spiro atoms. The Morgan fingerprint density at radius 3 is 3.05 bits per heavy atom. The van der Waals surface area contributed by atoms with Crippen molar-refractivity contribution in [1.82, 2.24) is 10.3 Å². The number of aromatic nitrogens is 1. The van der Waals surface area contributed by atoms with Gasteiger partial charge in [0.2, 0.25) is 0 Å². The number of rotatable bonds is 5. The van der Waals surface area contributed by atoms with Gasteiger partial charge in [0.1, 0.15) is 18.1 Å². The molecule has 0 atom stereocenters. The Labute approximate surface area is 117 Å². The molecule has 0 saturated heterocycles. The van der Waals surface area contributed by atoms with Gasteiger partial charge in [0.05, 0.1) is 18.0 Å². The van der Waals surface area contributed by atoms with Crippen LogP contribution in [0.25, 0.3) is 10.9 Å². The average molecular weight is 268 g/mol. The number of hydrogen-bond donors (Lipinski definition) is 1. The second-order valence-electron chi connectivity index (χ2n) is 4.55. The molecule has 0 amide bonds.